The summed E-state index contributed by atoms with van der Waals surface area (Å²) in [7, 11) is 0. The predicted molar refractivity (Wildman–Crippen MR) is 105 cm³/mol. The number of imidazole rings is 1. The fourth-order valence-corrected chi connectivity index (χ4v) is 4.13. The Bertz CT molecular complexity index is 910. The first-order valence-corrected chi connectivity index (χ1v) is 9.86. The Kier molecular flexibility index (Phi) is 5.21. The van der Waals surface area contributed by atoms with Gasteiger partial charge in [0.05, 0.1) is 6.54 Å². The maximum Gasteiger partial charge on any atom is 0.404 e. The Labute approximate surface area is 160 Å². The Morgan fingerprint density at radius 1 is 1.37 bits per heavy atom. The second-order valence-electron chi connectivity index (χ2n) is 6.61. The number of hydrogen-bond donors (Lipinski definition) is 3. The fraction of sp³-hybridized carbons (Fsp3) is 0.389. The van der Waals surface area contributed by atoms with E-state index in [0.717, 1.165) is 49.7 Å². The highest BCUT2D eigenvalue weighted by molar-refractivity contribution is 7.09. The zero-order chi connectivity index (χ0) is 18.6. The van der Waals surface area contributed by atoms with Crippen LogP contribution in [0.2, 0.25) is 0 Å². The molecule has 3 aromatic rings. The van der Waals surface area contributed by atoms with E-state index in [2.05, 4.69) is 42.6 Å². The first kappa shape index (κ1) is 17.7. The molecule has 1 saturated heterocycles. The largest absolute Gasteiger partial charge is 0.465 e. The second kappa shape index (κ2) is 7.93. The molecule has 0 spiro atoms. The van der Waals surface area contributed by atoms with Gasteiger partial charge in [-0.1, -0.05) is 6.07 Å². The molecule has 0 radical (unpaired) electrons. The number of carboxylic acid groups (broad SMARTS) is 1. The molecule has 4 rings (SSSR count). The number of anilines is 1. The number of carbonyl (C=O) groups is 1. The van der Waals surface area contributed by atoms with Crippen LogP contribution in [0.25, 0.3) is 11.2 Å². The molecule has 0 saturated carbocycles. The van der Waals surface area contributed by atoms with Gasteiger partial charge in [-0.05, 0) is 30.0 Å². The lowest BCUT2D eigenvalue weighted by Crippen LogP contribution is -2.34. The zero-order valence-corrected chi connectivity index (χ0v) is 15.7. The molecule has 1 aliphatic heterocycles. The van der Waals surface area contributed by atoms with Crippen molar-refractivity contribution in [3.8, 4) is 0 Å². The maximum absolute atomic E-state index is 10.6. The summed E-state index contributed by atoms with van der Waals surface area (Å²) in [6.07, 6.45) is 1.83. The summed E-state index contributed by atoms with van der Waals surface area (Å²) in [5, 5.41) is 16.8. The smallest absolute Gasteiger partial charge is 0.404 e. The number of fused-ring (bicyclic) bond motifs is 1. The van der Waals surface area contributed by atoms with Crippen LogP contribution < -0.4 is 10.6 Å². The number of thiophene rings is 1. The molecule has 9 heteroatoms. The minimum Gasteiger partial charge on any atom is -0.465 e. The lowest BCUT2D eigenvalue weighted by molar-refractivity contribution is 0.192. The van der Waals surface area contributed by atoms with Crippen LogP contribution in [0.5, 0.6) is 0 Å². The summed E-state index contributed by atoms with van der Waals surface area (Å²) in [4.78, 5) is 23.4. The van der Waals surface area contributed by atoms with E-state index in [1.807, 2.05) is 12.1 Å². The first-order valence-electron chi connectivity index (χ1n) is 8.98. The highest BCUT2D eigenvalue weighted by atomic mass is 32.1. The van der Waals surface area contributed by atoms with Crippen molar-refractivity contribution >= 4 is 34.5 Å². The normalized spacial score (nSPS) is 17.4. The van der Waals surface area contributed by atoms with Crippen LogP contribution in [0.15, 0.2) is 35.8 Å². The summed E-state index contributed by atoms with van der Waals surface area (Å²) in [5.74, 6) is 0.840. The molecule has 3 aromatic heterocycles. The Morgan fingerprint density at radius 3 is 3.11 bits per heavy atom. The number of rotatable bonds is 7. The van der Waals surface area contributed by atoms with Gasteiger partial charge in [0.1, 0.15) is 5.52 Å². The molecule has 1 fully saturated rings. The molecule has 0 aliphatic carbocycles. The van der Waals surface area contributed by atoms with E-state index in [0.29, 0.717) is 6.54 Å². The summed E-state index contributed by atoms with van der Waals surface area (Å²) in [6.45, 7) is 3.73. The van der Waals surface area contributed by atoms with Gasteiger partial charge < -0.3 is 15.7 Å². The van der Waals surface area contributed by atoms with Gasteiger partial charge in [-0.15, -0.1) is 11.3 Å². The van der Waals surface area contributed by atoms with E-state index < -0.39 is 6.09 Å². The first-order chi connectivity index (χ1) is 13.2. The van der Waals surface area contributed by atoms with Gasteiger partial charge in [0.25, 0.3) is 0 Å². The predicted octanol–water partition coefficient (Wildman–Crippen LogP) is 2.29. The van der Waals surface area contributed by atoms with Gasteiger partial charge in [0, 0.05) is 43.3 Å². The number of likely N-dealkylation sites (tertiary alicyclic amines) is 1. The molecule has 27 heavy (non-hydrogen) atoms. The van der Waals surface area contributed by atoms with Gasteiger partial charge in [-0.2, -0.15) is 0 Å². The summed E-state index contributed by atoms with van der Waals surface area (Å²) >= 11 is 1.73. The average Bonchev–Trinajstić information content (AvgIpc) is 3.37. The van der Waals surface area contributed by atoms with Crippen LogP contribution in [-0.2, 0) is 6.54 Å². The third-order valence-corrected chi connectivity index (χ3v) is 5.57. The quantitative estimate of drug-likeness (QED) is 0.577. The van der Waals surface area contributed by atoms with Crippen LogP contribution >= 0.6 is 11.3 Å². The lowest BCUT2D eigenvalue weighted by Gasteiger charge is -2.17. The summed E-state index contributed by atoms with van der Waals surface area (Å²) in [6, 6.07) is 8.35. The molecule has 0 bridgehead atoms. The van der Waals surface area contributed by atoms with Crippen molar-refractivity contribution in [3.05, 3.63) is 40.7 Å². The van der Waals surface area contributed by atoms with E-state index in [9.17, 15) is 4.79 Å². The third kappa shape index (κ3) is 4.20. The van der Waals surface area contributed by atoms with Gasteiger partial charge in [0.15, 0.2) is 5.65 Å². The summed E-state index contributed by atoms with van der Waals surface area (Å²) in [5.41, 5.74) is 1.77. The van der Waals surface area contributed by atoms with Crippen molar-refractivity contribution < 1.29 is 9.90 Å². The Balaban J connectivity index is 1.46. The minimum atomic E-state index is -0.973. The Morgan fingerprint density at radius 2 is 2.30 bits per heavy atom. The number of hydrogen-bond acceptors (Lipinski definition) is 6. The standard InChI is InChI=1S/C18H22N6O2S/c25-18(26)20-7-9-23-8-5-13(11-23)21-17-22-15-4-1-6-19-16(15)24(17)12-14-3-2-10-27-14/h1-4,6,10,13,20H,5,7-9,11-12H2,(H,21,22)(H,25,26). The Hall–Kier alpha value is -2.65. The highest BCUT2D eigenvalue weighted by Crippen LogP contribution is 2.23. The van der Waals surface area contributed by atoms with Crippen LogP contribution in [-0.4, -0.2) is 62.9 Å². The van der Waals surface area contributed by atoms with Crippen LogP contribution in [0.1, 0.15) is 11.3 Å². The minimum absolute atomic E-state index is 0.286. The van der Waals surface area contributed by atoms with E-state index in [1.165, 1.54) is 4.88 Å². The topological polar surface area (TPSA) is 95.3 Å². The molecule has 0 aromatic carbocycles. The van der Waals surface area contributed by atoms with Crippen LogP contribution in [0.4, 0.5) is 10.7 Å². The van der Waals surface area contributed by atoms with Gasteiger partial charge in [-0.25, -0.2) is 14.8 Å². The molecule has 4 heterocycles. The molecule has 1 atom stereocenters. The van der Waals surface area contributed by atoms with Gasteiger partial charge in [0.2, 0.25) is 5.95 Å². The molecule has 8 nitrogen and oxygen atoms in total. The van der Waals surface area contributed by atoms with Crippen molar-refractivity contribution in [3.63, 3.8) is 0 Å². The monoisotopic (exact) mass is 386 g/mol. The molecule has 3 N–H and O–H groups in total. The van der Waals surface area contributed by atoms with Crippen molar-refractivity contribution in [1.82, 2.24) is 24.8 Å². The third-order valence-electron chi connectivity index (χ3n) is 4.71. The SMILES string of the molecule is O=C(O)NCCN1CCC(Nc2nc3cccnc3n2Cc2cccs2)C1. The number of amides is 1. The van der Waals surface area contributed by atoms with Crippen molar-refractivity contribution in [1.29, 1.82) is 0 Å². The van der Waals surface area contributed by atoms with Crippen molar-refractivity contribution in [2.24, 2.45) is 0 Å². The highest BCUT2D eigenvalue weighted by Gasteiger charge is 2.24. The number of nitrogens with zero attached hydrogens (tertiary/aromatic N) is 4. The number of aromatic nitrogens is 3. The molecular weight excluding hydrogens is 364 g/mol. The fourth-order valence-electron chi connectivity index (χ4n) is 3.43. The molecular formula is C18H22N6O2S. The zero-order valence-electron chi connectivity index (χ0n) is 14.8. The average molecular weight is 386 g/mol. The maximum atomic E-state index is 10.6. The van der Waals surface area contributed by atoms with Crippen molar-refractivity contribution in [2.75, 3.05) is 31.5 Å². The lowest BCUT2D eigenvalue weighted by atomic mass is 10.3. The summed E-state index contributed by atoms with van der Waals surface area (Å²) < 4.78 is 2.13. The van der Waals surface area contributed by atoms with Gasteiger partial charge >= 0.3 is 6.09 Å². The molecule has 1 unspecified atom stereocenters. The van der Waals surface area contributed by atoms with Crippen LogP contribution in [0, 0.1) is 0 Å². The van der Waals surface area contributed by atoms with Crippen LogP contribution in [0.3, 0.4) is 0 Å². The number of nitrogens with one attached hydrogen (secondary N) is 2. The molecule has 142 valence electrons. The van der Waals surface area contributed by atoms with Crippen molar-refractivity contribution in [2.45, 2.75) is 19.0 Å². The van der Waals surface area contributed by atoms with Gasteiger partial charge in [-0.3, -0.25) is 9.47 Å². The van der Waals surface area contributed by atoms with E-state index in [4.69, 9.17) is 10.1 Å². The number of pyridine rings is 1. The van der Waals surface area contributed by atoms with E-state index in [-0.39, 0.29) is 6.04 Å². The molecule has 1 aliphatic rings. The van der Waals surface area contributed by atoms with E-state index >= 15 is 0 Å². The van der Waals surface area contributed by atoms with E-state index in [1.54, 1.807) is 17.5 Å². The second-order valence-corrected chi connectivity index (χ2v) is 7.64. The molecule has 1 amide bonds.